The van der Waals surface area contributed by atoms with Crippen LogP contribution < -0.4 is 5.32 Å². The van der Waals surface area contributed by atoms with Crippen molar-refractivity contribution in [2.45, 2.75) is 32.7 Å². The minimum Gasteiger partial charge on any atom is -0.508 e. The van der Waals surface area contributed by atoms with E-state index < -0.39 is 12.0 Å². The third-order valence-electron chi connectivity index (χ3n) is 4.94. The number of aliphatic carboxylic acids is 1. The lowest BCUT2D eigenvalue weighted by Crippen LogP contribution is -2.27. The van der Waals surface area contributed by atoms with E-state index in [0.717, 1.165) is 0 Å². The maximum atomic E-state index is 13.9. The number of aliphatic hydroxyl groups is 1. The summed E-state index contributed by atoms with van der Waals surface area (Å²) in [5.41, 5.74) is 2.96. The number of benzene rings is 2. The molecular formula is C22H23FN2O4. The molecule has 0 fully saturated rings. The summed E-state index contributed by atoms with van der Waals surface area (Å²) in [6.45, 7) is 4.77. The monoisotopic (exact) mass is 398 g/mol. The molecule has 0 aliphatic heterocycles. The number of halogens is 1. The zero-order chi connectivity index (χ0) is 21.3. The number of carbonyl (C=O) groups is 1. The van der Waals surface area contributed by atoms with E-state index in [1.54, 1.807) is 32.0 Å². The first-order valence-electron chi connectivity index (χ1n) is 9.26. The second kappa shape index (κ2) is 8.05. The smallest absolute Gasteiger partial charge is 0.325 e. The number of anilines is 1. The lowest BCUT2D eigenvalue weighted by atomic mass is 9.88. The average molecular weight is 398 g/mol. The normalized spacial score (nSPS) is 13.3. The molecule has 0 radical (unpaired) electrons. The van der Waals surface area contributed by atoms with Crippen LogP contribution in [0.25, 0.3) is 22.0 Å². The van der Waals surface area contributed by atoms with Crippen molar-refractivity contribution in [3.8, 4) is 16.9 Å². The molecule has 0 amide bonds. The third-order valence-corrected chi connectivity index (χ3v) is 4.94. The van der Waals surface area contributed by atoms with E-state index in [-0.39, 0.29) is 24.1 Å². The van der Waals surface area contributed by atoms with E-state index in [9.17, 15) is 24.5 Å². The Labute approximate surface area is 167 Å². The van der Waals surface area contributed by atoms with Crippen LogP contribution in [0.3, 0.4) is 0 Å². The number of nitrogens with zero attached hydrogens (tertiary/aromatic N) is 1. The van der Waals surface area contributed by atoms with Gasteiger partial charge in [-0.1, -0.05) is 13.0 Å². The molecule has 0 saturated heterocycles. The largest absolute Gasteiger partial charge is 0.508 e. The summed E-state index contributed by atoms with van der Waals surface area (Å²) >= 11 is 0. The van der Waals surface area contributed by atoms with Crippen LogP contribution in [-0.2, 0) is 4.79 Å². The number of aryl methyl sites for hydroxylation is 1. The number of aliphatic hydroxyl groups excluding tert-OH is 1. The molecule has 0 spiro atoms. The van der Waals surface area contributed by atoms with Gasteiger partial charge in [-0.15, -0.1) is 0 Å². The number of hydrogen-bond donors (Lipinski definition) is 4. The first-order valence-corrected chi connectivity index (χ1v) is 9.26. The number of pyridine rings is 1. The second-order valence-corrected chi connectivity index (χ2v) is 7.20. The fourth-order valence-electron chi connectivity index (χ4n) is 3.33. The maximum absolute atomic E-state index is 13.9. The Hall–Kier alpha value is -3.19. The van der Waals surface area contributed by atoms with Crippen LogP contribution >= 0.6 is 0 Å². The van der Waals surface area contributed by atoms with Crippen LogP contribution in [0.5, 0.6) is 5.75 Å². The molecule has 152 valence electrons. The fraction of sp³-hybridized carbons (Fsp3) is 0.273. The molecule has 29 heavy (non-hydrogen) atoms. The van der Waals surface area contributed by atoms with Gasteiger partial charge >= 0.3 is 5.97 Å². The summed E-state index contributed by atoms with van der Waals surface area (Å²) in [6.07, 6.45) is 0. The molecule has 0 aliphatic carbocycles. The predicted molar refractivity (Wildman–Crippen MR) is 110 cm³/mol. The molecule has 3 aromatic rings. The number of rotatable bonds is 6. The standard InChI is InChI=1S/C22H23FN2O4/c1-11-8-14(4-7-17(11)23)20-16-6-5-15(27)9-18(16)25-21(19(20)12(2)10-26)24-13(3)22(28)29/h4-9,12-13,26-27H,10H2,1-3H3,(H,24,25)(H,28,29)/t12?,13-/m0/s1. The van der Waals surface area contributed by atoms with E-state index in [2.05, 4.69) is 10.3 Å². The second-order valence-electron chi connectivity index (χ2n) is 7.20. The zero-order valence-electron chi connectivity index (χ0n) is 16.4. The van der Waals surface area contributed by atoms with E-state index in [1.165, 1.54) is 25.1 Å². The van der Waals surface area contributed by atoms with Gasteiger partial charge in [0.15, 0.2) is 0 Å². The first-order chi connectivity index (χ1) is 13.7. The van der Waals surface area contributed by atoms with Crippen molar-refractivity contribution in [2.75, 3.05) is 11.9 Å². The Kier molecular flexibility index (Phi) is 5.70. The van der Waals surface area contributed by atoms with Gasteiger partial charge in [0, 0.05) is 29.5 Å². The molecule has 6 nitrogen and oxygen atoms in total. The highest BCUT2D eigenvalue weighted by atomic mass is 19.1. The van der Waals surface area contributed by atoms with Crippen LogP contribution in [0.1, 0.15) is 30.9 Å². The summed E-state index contributed by atoms with van der Waals surface area (Å²) in [5, 5.41) is 32.7. The number of phenolic OH excluding ortho intramolecular Hbond substituents is 1. The van der Waals surface area contributed by atoms with Gasteiger partial charge in [0.2, 0.25) is 0 Å². The highest BCUT2D eigenvalue weighted by molar-refractivity contribution is 5.99. The molecular weight excluding hydrogens is 375 g/mol. The molecule has 4 N–H and O–H groups in total. The summed E-state index contributed by atoms with van der Waals surface area (Å²) in [7, 11) is 0. The van der Waals surface area contributed by atoms with Crippen molar-refractivity contribution in [3.05, 3.63) is 53.3 Å². The van der Waals surface area contributed by atoms with Gasteiger partial charge in [0.1, 0.15) is 23.4 Å². The molecule has 1 aromatic heterocycles. The fourth-order valence-corrected chi connectivity index (χ4v) is 3.33. The van der Waals surface area contributed by atoms with Gasteiger partial charge < -0.3 is 20.6 Å². The van der Waals surface area contributed by atoms with Gasteiger partial charge in [-0.05, 0) is 54.8 Å². The van der Waals surface area contributed by atoms with E-state index >= 15 is 0 Å². The highest BCUT2D eigenvalue weighted by Crippen LogP contribution is 2.40. The van der Waals surface area contributed by atoms with Crippen LogP contribution in [-0.4, -0.2) is 38.9 Å². The van der Waals surface area contributed by atoms with Gasteiger partial charge in [-0.2, -0.15) is 0 Å². The Balaban J connectivity index is 2.40. The number of phenols is 1. The van der Waals surface area contributed by atoms with E-state index in [1.807, 2.05) is 0 Å². The van der Waals surface area contributed by atoms with Gasteiger partial charge in [0.25, 0.3) is 0 Å². The Morgan fingerprint density at radius 1 is 1.21 bits per heavy atom. The first kappa shape index (κ1) is 20.5. The molecule has 2 atom stereocenters. The topological polar surface area (TPSA) is 103 Å². The van der Waals surface area contributed by atoms with Gasteiger partial charge in [-0.25, -0.2) is 9.37 Å². The van der Waals surface area contributed by atoms with Crippen molar-refractivity contribution in [2.24, 2.45) is 0 Å². The summed E-state index contributed by atoms with van der Waals surface area (Å²) in [4.78, 5) is 15.9. The van der Waals surface area contributed by atoms with Crippen LogP contribution in [0.4, 0.5) is 10.2 Å². The predicted octanol–water partition coefficient (Wildman–Crippen LogP) is 4.04. The SMILES string of the molecule is Cc1cc(-c2c(C(C)CO)c(N[C@@H](C)C(=O)O)nc3cc(O)ccc23)ccc1F. The molecule has 0 bridgehead atoms. The van der Waals surface area contributed by atoms with Crippen LogP contribution in [0, 0.1) is 12.7 Å². The summed E-state index contributed by atoms with van der Waals surface area (Å²) in [5.74, 6) is -1.43. The quantitative estimate of drug-likeness (QED) is 0.500. The molecule has 0 aliphatic rings. The van der Waals surface area contributed by atoms with Crippen LogP contribution in [0.15, 0.2) is 36.4 Å². The van der Waals surface area contributed by atoms with Crippen molar-refractivity contribution in [3.63, 3.8) is 0 Å². The zero-order valence-corrected chi connectivity index (χ0v) is 16.4. The Morgan fingerprint density at radius 2 is 1.93 bits per heavy atom. The summed E-state index contributed by atoms with van der Waals surface area (Å²) in [6, 6.07) is 8.52. The van der Waals surface area contributed by atoms with Gasteiger partial charge in [-0.3, -0.25) is 4.79 Å². The minimum absolute atomic E-state index is 0.0198. The lowest BCUT2D eigenvalue weighted by Gasteiger charge is -2.23. The number of carboxylic acid groups (broad SMARTS) is 1. The van der Waals surface area contributed by atoms with Gasteiger partial charge in [0.05, 0.1) is 5.52 Å². The average Bonchev–Trinajstić information content (AvgIpc) is 2.68. The van der Waals surface area contributed by atoms with Crippen molar-refractivity contribution in [1.29, 1.82) is 0 Å². The number of carboxylic acids is 1. The van der Waals surface area contributed by atoms with Crippen molar-refractivity contribution in [1.82, 2.24) is 4.98 Å². The number of nitrogens with one attached hydrogen (secondary N) is 1. The number of aromatic nitrogens is 1. The minimum atomic E-state index is -1.05. The molecule has 1 heterocycles. The number of fused-ring (bicyclic) bond motifs is 1. The van der Waals surface area contributed by atoms with Crippen molar-refractivity contribution < 1.29 is 24.5 Å². The van der Waals surface area contributed by atoms with E-state index in [0.29, 0.717) is 39.0 Å². The molecule has 7 heteroatoms. The molecule has 3 rings (SSSR count). The summed E-state index contributed by atoms with van der Waals surface area (Å²) < 4.78 is 13.9. The molecule has 0 saturated carbocycles. The lowest BCUT2D eigenvalue weighted by molar-refractivity contribution is -0.137. The highest BCUT2D eigenvalue weighted by Gasteiger charge is 2.24. The Bertz CT molecular complexity index is 1080. The number of aromatic hydroxyl groups is 1. The molecule has 1 unspecified atom stereocenters. The molecule has 2 aromatic carbocycles. The number of hydrogen-bond acceptors (Lipinski definition) is 5. The van der Waals surface area contributed by atoms with Crippen molar-refractivity contribution >= 4 is 22.7 Å². The van der Waals surface area contributed by atoms with Crippen LogP contribution in [0.2, 0.25) is 0 Å². The van der Waals surface area contributed by atoms with E-state index in [4.69, 9.17) is 0 Å². The third kappa shape index (κ3) is 4.00. The maximum Gasteiger partial charge on any atom is 0.325 e. The Morgan fingerprint density at radius 3 is 2.55 bits per heavy atom.